The SMILES string of the molecule is CCNC(=NCC(=O)NC(C)(C)C)NCC1(O)CCCC1.I. The second kappa shape index (κ2) is 9.54. The summed E-state index contributed by atoms with van der Waals surface area (Å²) in [5, 5.41) is 19.4. The summed E-state index contributed by atoms with van der Waals surface area (Å²) < 4.78 is 0. The highest BCUT2D eigenvalue weighted by Gasteiger charge is 2.30. The van der Waals surface area contributed by atoms with Crippen LogP contribution in [0.5, 0.6) is 0 Å². The van der Waals surface area contributed by atoms with Gasteiger partial charge in [0.25, 0.3) is 0 Å². The number of carbonyl (C=O) groups is 1. The summed E-state index contributed by atoms with van der Waals surface area (Å²) in [6, 6.07) is 0. The summed E-state index contributed by atoms with van der Waals surface area (Å²) in [5.74, 6) is 0.459. The van der Waals surface area contributed by atoms with E-state index in [9.17, 15) is 9.90 Å². The lowest BCUT2D eigenvalue weighted by atomic mass is 10.0. The highest BCUT2D eigenvalue weighted by Crippen LogP contribution is 2.28. The van der Waals surface area contributed by atoms with Gasteiger partial charge in [0.2, 0.25) is 5.91 Å². The van der Waals surface area contributed by atoms with Gasteiger partial charge in [0.1, 0.15) is 6.54 Å². The third kappa shape index (κ3) is 8.77. The molecule has 0 aromatic rings. The molecule has 130 valence electrons. The number of hydrogen-bond acceptors (Lipinski definition) is 3. The number of nitrogens with one attached hydrogen (secondary N) is 3. The van der Waals surface area contributed by atoms with Crippen molar-refractivity contribution in [2.24, 2.45) is 4.99 Å². The Labute approximate surface area is 150 Å². The molecule has 0 unspecified atom stereocenters. The van der Waals surface area contributed by atoms with Gasteiger partial charge in [0.05, 0.1) is 5.60 Å². The highest BCUT2D eigenvalue weighted by molar-refractivity contribution is 14.0. The average Bonchev–Trinajstić information content (AvgIpc) is 2.78. The molecule has 0 aromatic heterocycles. The van der Waals surface area contributed by atoms with Gasteiger partial charge >= 0.3 is 0 Å². The van der Waals surface area contributed by atoms with Gasteiger partial charge in [-0.05, 0) is 40.5 Å². The molecule has 1 aliphatic rings. The van der Waals surface area contributed by atoms with Crippen molar-refractivity contribution in [1.82, 2.24) is 16.0 Å². The van der Waals surface area contributed by atoms with Gasteiger partial charge < -0.3 is 21.1 Å². The molecule has 0 spiro atoms. The Kier molecular flexibility index (Phi) is 9.30. The zero-order valence-electron chi connectivity index (χ0n) is 14.2. The van der Waals surface area contributed by atoms with Gasteiger partial charge in [-0.2, -0.15) is 0 Å². The number of hydrogen-bond donors (Lipinski definition) is 4. The zero-order chi connectivity index (χ0) is 15.9. The van der Waals surface area contributed by atoms with Crippen LogP contribution in [0.1, 0.15) is 53.4 Å². The number of carbonyl (C=O) groups excluding carboxylic acids is 1. The lowest BCUT2D eigenvalue weighted by molar-refractivity contribution is -0.121. The monoisotopic (exact) mass is 426 g/mol. The molecule has 0 atom stereocenters. The second-order valence-corrected chi connectivity index (χ2v) is 6.78. The van der Waals surface area contributed by atoms with E-state index >= 15 is 0 Å². The summed E-state index contributed by atoms with van der Waals surface area (Å²) in [5.41, 5.74) is -0.888. The molecule has 1 rings (SSSR count). The van der Waals surface area contributed by atoms with E-state index in [1.807, 2.05) is 27.7 Å². The minimum atomic E-state index is -0.635. The van der Waals surface area contributed by atoms with Crippen LogP contribution in [0.2, 0.25) is 0 Å². The van der Waals surface area contributed by atoms with Crippen molar-refractivity contribution >= 4 is 35.8 Å². The van der Waals surface area contributed by atoms with Gasteiger partial charge in [-0.3, -0.25) is 4.79 Å². The Balaban J connectivity index is 0.00000441. The number of amides is 1. The van der Waals surface area contributed by atoms with Crippen LogP contribution in [0.25, 0.3) is 0 Å². The summed E-state index contributed by atoms with van der Waals surface area (Å²) in [6.45, 7) is 9.04. The summed E-state index contributed by atoms with van der Waals surface area (Å²) in [6.07, 6.45) is 3.79. The van der Waals surface area contributed by atoms with Crippen LogP contribution < -0.4 is 16.0 Å². The van der Waals surface area contributed by atoms with Crippen LogP contribution in [0, 0.1) is 0 Å². The Morgan fingerprint density at radius 3 is 2.32 bits per heavy atom. The molecule has 0 aliphatic heterocycles. The van der Waals surface area contributed by atoms with Crippen LogP contribution in [0.4, 0.5) is 0 Å². The normalized spacial score (nSPS) is 17.6. The minimum absolute atomic E-state index is 0. The van der Waals surface area contributed by atoms with Gasteiger partial charge in [-0.1, -0.05) is 12.8 Å². The molecule has 6 nitrogen and oxygen atoms in total. The van der Waals surface area contributed by atoms with Gasteiger partial charge in [0.15, 0.2) is 5.96 Å². The van der Waals surface area contributed by atoms with E-state index in [2.05, 4.69) is 20.9 Å². The molecular weight excluding hydrogens is 395 g/mol. The van der Waals surface area contributed by atoms with Crippen LogP contribution in [-0.2, 0) is 4.79 Å². The highest BCUT2D eigenvalue weighted by atomic mass is 127. The first-order valence-corrected chi connectivity index (χ1v) is 7.80. The number of aliphatic hydroxyl groups is 1. The van der Waals surface area contributed by atoms with E-state index in [4.69, 9.17) is 0 Å². The van der Waals surface area contributed by atoms with E-state index in [0.717, 1.165) is 25.7 Å². The zero-order valence-corrected chi connectivity index (χ0v) is 16.5. The number of guanidine groups is 1. The molecule has 1 aliphatic carbocycles. The number of nitrogens with zero attached hydrogens (tertiary/aromatic N) is 1. The second-order valence-electron chi connectivity index (χ2n) is 6.78. The first-order chi connectivity index (χ1) is 9.74. The van der Waals surface area contributed by atoms with E-state index in [1.54, 1.807) is 0 Å². The third-order valence-electron chi connectivity index (χ3n) is 3.36. The maximum atomic E-state index is 11.8. The number of rotatable bonds is 5. The molecule has 0 radical (unpaired) electrons. The van der Waals surface area contributed by atoms with Crippen LogP contribution in [-0.4, -0.2) is 47.7 Å². The Morgan fingerprint density at radius 1 is 1.23 bits per heavy atom. The van der Waals surface area contributed by atoms with Gasteiger partial charge in [-0.25, -0.2) is 4.99 Å². The van der Waals surface area contributed by atoms with Crippen molar-refractivity contribution in [2.75, 3.05) is 19.6 Å². The van der Waals surface area contributed by atoms with Crippen molar-refractivity contribution in [3.05, 3.63) is 0 Å². The number of halogens is 1. The lowest BCUT2D eigenvalue weighted by Gasteiger charge is -2.24. The maximum absolute atomic E-state index is 11.8. The van der Waals surface area contributed by atoms with Crippen LogP contribution in [0.3, 0.4) is 0 Å². The fourth-order valence-electron chi connectivity index (χ4n) is 2.41. The molecule has 4 N–H and O–H groups in total. The smallest absolute Gasteiger partial charge is 0.242 e. The predicted octanol–water partition coefficient (Wildman–Crippen LogP) is 1.38. The first kappa shape index (κ1) is 21.4. The van der Waals surface area contributed by atoms with Gasteiger partial charge in [-0.15, -0.1) is 24.0 Å². The largest absolute Gasteiger partial charge is 0.388 e. The van der Waals surface area contributed by atoms with E-state index in [0.29, 0.717) is 19.0 Å². The summed E-state index contributed by atoms with van der Waals surface area (Å²) >= 11 is 0. The van der Waals surface area contributed by atoms with Crippen LogP contribution in [0.15, 0.2) is 4.99 Å². The van der Waals surface area contributed by atoms with Gasteiger partial charge in [0, 0.05) is 18.6 Å². The predicted molar refractivity (Wildman–Crippen MR) is 101 cm³/mol. The third-order valence-corrected chi connectivity index (χ3v) is 3.36. The number of aliphatic imine (C=N–C) groups is 1. The molecule has 0 bridgehead atoms. The topological polar surface area (TPSA) is 85.8 Å². The van der Waals surface area contributed by atoms with E-state index < -0.39 is 5.60 Å². The molecule has 1 fully saturated rings. The quantitative estimate of drug-likeness (QED) is 0.304. The van der Waals surface area contributed by atoms with Crippen molar-refractivity contribution in [1.29, 1.82) is 0 Å². The molecule has 0 heterocycles. The van der Waals surface area contributed by atoms with Crippen molar-refractivity contribution in [3.8, 4) is 0 Å². The molecule has 7 heteroatoms. The van der Waals surface area contributed by atoms with E-state index in [1.165, 1.54) is 0 Å². The Hall–Kier alpha value is -0.570. The Morgan fingerprint density at radius 2 is 1.82 bits per heavy atom. The fraction of sp³-hybridized carbons (Fsp3) is 0.867. The standard InChI is InChI=1S/C15H30N4O2.HI/c1-5-16-13(17-10-12(20)19-14(2,3)4)18-11-15(21)8-6-7-9-15;/h21H,5-11H2,1-4H3,(H,19,20)(H2,16,17,18);1H. The molecule has 1 amide bonds. The minimum Gasteiger partial charge on any atom is -0.388 e. The molecule has 0 aromatic carbocycles. The Bertz CT molecular complexity index is 374. The summed E-state index contributed by atoms with van der Waals surface area (Å²) in [4.78, 5) is 16.0. The van der Waals surface area contributed by atoms with Crippen molar-refractivity contribution in [3.63, 3.8) is 0 Å². The van der Waals surface area contributed by atoms with E-state index in [-0.39, 0.29) is 42.0 Å². The molecule has 1 saturated carbocycles. The van der Waals surface area contributed by atoms with Crippen molar-refractivity contribution in [2.45, 2.75) is 64.5 Å². The maximum Gasteiger partial charge on any atom is 0.242 e. The summed E-state index contributed by atoms with van der Waals surface area (Å²) in [7, 11) is 0. The first-order valence-electron chi connectivity index (χ1n) is 7.80. The van der Waals surface area contributed by atoms with Crippen LogP contribution >= 0.6 is 24.0 Å². The average molecular weight is 426 g/mol. The fourth-order valence-corrected chi connectivity index (χ4v) is 2.41. The van der Waals surface area contributed by atoms with Crippen molar-refractivity contribution < 1.29 is 9.90 Å². The molecule has 0 saturated heterocycles. The molecular formula is C15H31IN4O2. The molecule has 22 heavy (non-hydrogen) atoms. The lowest BCUT2D eigenvalue weighted by Crippen LogP contribution is -2.47.